The van der Waals surface area contributed by atoms with Gasteiger partial charge in [-0.1, -0.05) is 18.1 Å². The number of ether oxygens (including phenoxy) is 1. The minimum Gasteiger partial charge on any atom is -0.495 e. The summed E-state index contributed by atoms with van der Waals surface area (Å²) in [6.45, 7) is 3.45. The Morgan fingerprint density at radius 3 is 2.67 bits per heavy atom. The van der Waals surface area contributed by atoms with E-state index in [1.807, 2.05) is 6.92 Å². The van der Waals surface area contributed by atoms with E-state index >= 15 is 0 Å². The molecule has 4 aromatic rings. The van der Waals surface area contributed by atoms with Gasteiger partial charge >= 0.3 is 0 Å². The number of aromatic nitrogens is 4. The molecule has 0 saturated carbocycles. The predicted octanol–water partition coefficient (Wildman–Crippen LogP) is 3.18. The number of fused-ring (bicyclic) bond motifs is 1. The smallest absolute Gasteiger partial charge is 0.298 e. The highest BCUT2D eigenvalue weighted by Gasteiger charge is 2.27. The Morgan fingerprint density at radius 1 is 1.17 bits per heavy atom. The topological polar surface area (TPSA) is 128 Å². The van der Waals surface area contributed by atoms with Crippen LogP contribution in [0.25, 0.3) is 16.8 Å². The van der Waals surface area contributed by atoms with Crippen LogP contribution < -0.4 is 15.8 Å². The summed E-state index contributed by atoms with van der Waals surface area (Å²) in [5.41, 5.74) is 8.12. The molecule has 0 radical (unpaired) electrons. The maximum Gasteiger partial charge on any atom is 0.298 e. The molecule has 3 N–H and O–H groups in total. The van der Waals surface area contributed by atoms with Crippen LogP contribution in [0, 0.1) is 11.8 Å². The molecule has 10 heteroatoms. The van der Waals surface area contributed by atoms with Crippen molar-refractivity contribution in [2.75, 3.05) is 25.2 Å². The average molecular weight is 484 g/mol. The van der Waals surface area contributed by atoms with Gasteiger partial charge in [0.05, 0.1) is 18.7 Å². The molecule has 1 aromatic carbocycles. The Bertz CT molecular complexity index is 1500. The Morgan fingerprint density at radius 2 is 1.97 bits per heavy atom. The van der Waals surface area contributed by atoms with Gasteiger partial charge < -0.3 is 20.7 Å². The molecule has 182 valence electrons. The molecule has 2 amide bonds. The molecule has 0 aliphatic carbocycles. The van der Waals surface area contributed by atoms with Crippen molar-refractivity contribution in [1.29, 1.82) is 0 Å². The SMILES string of the molecule is CC#CC(=O)N(C)[C@@H](C)c1nc(-c2cccc(C(=O)Nc3ccccn3)c2OC)c2c(N)nccn12. The second kappa shape index (κ2) is 10.1. The first-order chi connectivity index (χ1) is 17.4. The lowest BCUT2D eigenvalue weighted by Crippen LogP contribution is -2.29. The van der Waals surface area contributed by atoms with Crippen LogP contribution in [0.1, 0.15) is 36.1 Å². The lowest BCUT2D eigenvalue weighted by Gasteiger charge is -2.21. The van der Waals surface area contributed by atoms with E-state index in [9.17, 15) is 9.59 Å². The van der Waals surface area contributed by atoms with Crippen LogP contribution in [-0.4, -0.2) is 50.2 Å². The number of rotatable bonds is 6. The predicted molar refractivity (Wildman–Crippen MR) is 136 cm³/mol. The van der Waals surface area contributed by atoms with E-state index < -0.39 is 6.04 Å². The summed E-state index contributed by atoms with van der Waals surface area (Å²) in [6, 6.07) is 9.97. The summed E-state index contributed by atoms with van der Waals surface area (Å²) in [7, 11) is 3.14. The van der Waals surface area contributed by atoms with Crippen molar-refractivity contribution >= 4 is 29.0 Å². The first kappa shape index (κ1) is 24.2. The third-order valence-corrected chi connectivity index (χ3v) is 5.74. The van der Waals surface area contributed by atoms with Gasteiger partial charge in [0, 0.05) is 31.2 Å². The second-order valence-electron chi connectivity index (χ2n) is 7.87. The molecule has 0 bridgehead atoms. The maximum absolute atomic E-state index is 13.1. The minimum absolute atomic E-state index is 0.242. The van der Waals surface area contributed by atoms with Crippen molar-refractivity contribution in [1.82, 2.24) is 24.3 Å². The summed E-state index contributed by atoms with van der Waals surface area (Å²) in [5.74, 6) is 5.96. The van der Waals surface area contributed by atoms with Crippen molar-refractivity contribution < 1.29 is 14.3 Å². The number of amides is 2. The number of methoxy groups -OCH3 is 1. The summed E-state index contributed by atoms with van der Waals surface area (Å²) in [6.07, 6.45) is 4.88. The molecule has 0 aliphatic heterocycles. The molecule has 0 aliphatic rings. The van der Waals surface area contributed by atoms with Gasteiger partial charge in [-0.3, -0.25) is 14.0 Å². The fourth-order valence-electron chi connectivity index (χ4n) is 3.86. The Labute approximate surface area is 208 Å². The van der Waals surface area contributed by atoms with Crippen molar-refractivity contribution in [3.8, 4) is 28.8 Å². The van der Waals surface area contributed by atoms with E-state index in [1.54, 1.807) is 73.4 Å². The van der Waals surface area contributed by atoms with Crippen molar-refractivity contribution in [2.24, 2.45) is 0 Å². The molecule has 10 nitrogen and oxygen atoms in total. The summed E-state index contributed by atoms with van der Waals surface area (Å²) in [5, 5.41) is 2.77. The number of nitrogens with one attached hydrogen (secondary N) is 1. The van der Waals surface area contributed by atoms with Crippen LogP contribution in [0.3, 0.4) is 0 Å². The van der Waals surface area contributed by atoms with E-state index in [4.69, 9.17) is 15.5 Å². The number of nitrogens with zero attached hydrogens (tertiary/aromatic N) is 5. The van der Waals surface area contributed by atoms with Crippen LogP contribution in [0.5, 0.6) is 5.75 Å². The minimum atomic E-state index is -0.442. The number of nitrogens with two attached hydrogens (primary N) is 1. The standard InChI is InChI=1S/C26H25N7O3/c1-5-9-20(34)32(3)16(2)25-31-21(22-24(27)29-14-15-33(22)25)17-10-8-11-18(23(17)36-4)26(35)30-19-12-6-7-13-28-19/h6-8,10-16H,1-4H3,(H2,27,29)(H,28,30,35)/t16-/m0/s1. The van der Waals surface area contributed by atoms with E-state index in [2.05, 4.69) is 27.1 Å². The number of pyridine rings is 1. The lowest BCUT2D eigenvalue weighted by atomic mass is 10.0. The van der Waals surface area contributed by atoms with Crippen LogP contribution >= 0.6 is 0 Å². The molecular weight excluding hydrogens is 458 g/mol. The van der Waals surface area contributed by atoms with E-state index in [-0.39, 0.29) is 17.6 Å². The van der Waals surface area contributed by atoms with Crippen molar-refractivity contribution in [2.45, 2.75) is 19.9 Å². The number of carbonyl (C=O) groups is 2. The summed E-state index contributed by atoms with van der Waals surface area (Å²) in [4.78, 5) is 40.2. The van der Waals surface area contributed by atoms with Crippen molar-refractivity contribution in [3.05, 3.63) is 66.4 Å². The second-order valence-corrected chi connectivity index (χ2v) is 7.87. The summed E-state index contributed by atoms with van der Waals surface area (Å²) >= 11 is 0. The summed E-state index contributed by atoms with van der Waals surface area (Å²) < 4.78 is 7.47. The van der Waals surface area contributed by atoms with E-state index in [0.29, 0.717) is 39.7 Å². The molecule has 3 heterocycles. The van der Waals surface area contributed by atoms with Gasteiger partial charge in [-0.05, 0) is 44.0 Å². The maximum atomic E-state index is 13.1. The molecule has 3 aromatic heterocycles. The average Bonchev–Trinajstić information content (AvgIpc) is 3.28. The number of hydrogen-bond donors (Lipinski definition) is 2. The van der Waals surface area contributed by atoms with Gasteiger partial charge in [0.15, 0.2) is 0 Å². The molecule has 0 fully saturated rings. The lowest BCUT2D eigenvalue weighted by molar-refractivity contribution is -0.125. The highest BCUT2D eigenvalue weighted by molar-refractivity contribution is 6.07. The van der Waals surface area contributed by atoms with Crippen LogP contribution in [-0.2, 0) is 4.79 Å². The molecule has 0 spiro atoms. The van der Waals surface area contributed by atoms with Gasteiger partial charge in [-0.15, -0.1) is 0 Å². The number of anilines is 2. The molecule has 0 unspecified atom stereocenters. The number of nitrogen functional groups attached to an aromatic ring is 1. The zero-order valence-corrected chi connectivity index (χ0v) is 20.3. The van der Waals surface area contributed by atoms with Gasteiger partial charge in [0.2, 0.25) is 0 Å². The largest absolute Gasteiger partial charge is 0.495 e. The van der Waals surface area contributed by atoms with Crippen LogP contribution in [0.2, 0.25) is 0 Å². The third-order valence-electron chi connectivity index (χ3n) is 5.74. The Hall–Kier alpha value is -4.91. The van der Waals surface area contributed by atoms with Gasteiger partial charge in [0.25, 0.3) is 11.8 Å². The molecule has 1 atom stereocenters. The Kier molecular flexibility index (Phi) is 6.83. The number of para-hydroxylation sites is 1. The number of carbonyl (C=O) groups excluding carboxylic acids is 2. The fourth-order valence-corrected chi connectivity index (χ4v) is 3.86. The first-order valence-corrected chi connectivity index (χ1v) is 11.1. The van der Waals surface area contributed by atoms with Gasteiger partial charge in [0.1, 0.15) is 34.4 Å². The molecule has 4 rings (SSSR count). The normalized spacial score (nSPS) is 11.3. The number of benzene rings is 1. The highest BCUT2D eigenvalue weighted by atomic mass is 16.5. The van der Waals surface area contributed by atoms with E-state index in [1.165, 1.54) is 12.0 Å². The molecule has 36 heavy (non-hydrogen) atoms. The first-order valence-electron chi connectivity index (χ1n) is 11.1. The zero-order chi connectivity index (χ0) is 25.8. The zero-order valence-electron chi connectivity index (χ0n) is 20.3. The van der Waals surface area contributed by atoms with Gasteiger partial charge in [-0.2, -0.15) is 0 Å². The number of imidazole rings is 1. The quantitative estimate of drug-likeness (QED) is 0.403. The molecule has 0 saturated heterocycles. The highest BCUT2D eigenvalue weighted by Crippen LogP contribution is 2.38. The molecular formula is C26H25N7O3. The third kappa shape index (κ3) is 4.42. The van der Waals surface area contributed by atoms with E-state index in [0.717, 1.165) is 0 Å². The monoisotopic (exact) mass is 483 g/mol. The Balaban J connectivity index is 1.85. The fraction of sp³-hybridized carbons (Fsp3) is 0.192. The van der Waals surface area contributed by atoms with Crippen LogP contribution in [0.15, 0.2) is 55.0 Å². The number of hydrogen-bond acceptors (Lipinski definition) is 7. The van der Waals surface area contributed by atoms with Gasteiger partial charge in [-0.25, -0.2) is 15.0 Å². The van der Waals surface area contributed by atoms with Crippen LogP contribution in [0.4, 0.5) is 11.6 Å². The van der Waals surface area contributed by atoms with Crippen molar-refractivity contribution in [3.63, 3.8) is 0 Å².